The highest BCUT2D eigenvalue weighted by atomic mass is 31.2. The van der Waals surface area contributed by atoms with E-state index in [-0.39, 0.29) is 19.4 Å². The molecule has 0 fully saturated rings. The molecule has 0 saturated heterocycles. The first-order chi connectivity index (χ1) is 24.3. The summed E-state index contributed by atoms with van der Waals surface area (Å²) >= 11 is 0. The van der Waals surface area contributed by atoms with E-state index >= 15 is 0 Å². The quantitative estimate of drug-likeness (QED) is 0.0284. The zero-order valence-electron chi connectivity index (χ0n) is 31.8. The summed E-state index contributed by atoms with van der Waals surface area (Å²) in [6.07, 6.45) is 44.0. The Morgan fingerprint density at radius 3 is 1.42 bits per heavy atom. The molecule has 0 aliphatic rings. The van der Waals surface area contributed by atoms with Crippen molar-refractivity contribution in [1.82, 2.24) is 0 Å². The Kier molecular flexibility index (Phi) is 35.3. The van der Waals surface area contributed by atoms with E-state index in [2.05, 4.69) is 67.0 Å². The van der Waals surface area contributed by atoms with Crippen LogP contribution in [0.15, 0.2) is 48.6 Å². The Labute approximate surface area is 305 Å². The van der Waals surface area contributed by atoms with Gasteiger partial charge in [-0.05, 0) is 51.4 Å². The first-order valence-electron chi connectivity index (χ1n) is 19.9. The number of phosphoric acid groups is 1. The first-order valence-corrected chi connectivity index (χ1v) is 21.5. The van der Waals surface area contributed by atoms with Crippen LogP contribution in [0.25, 0.3) is 0 Å². The van der Waals surface area contributed by atoms with E-state index in [4.69, 9.17) is 19.3 Å². The van der Waals surface area contributed by atoms with Crippen LogP contribution in [0.2, 0.25) is 0 Å². The van der Waals surface area contributed by atoms with Crippen molar-refractivity contribution < 1.29 is 37.9 Å². The smallest absolute Gasteiger partial charge is 0.462 e. The molecule has 9 heteroatoms. The molecular weight excluding hydrogens is 651 g/mol. The van der Waals surface area contributed by atoms with E-state index < -0.39 is 32.5 Å². The summed E-state index contributed by atoms with van der Waals surface area (Å²) in [5.41, 5.74) is 0. The largest absolute Gasteiger partial charge is 0.469 e. The maximum Gasteiger partial charge on any atom is 0.469 e. The molecule has 290 valence electrons. The predicted molar refractivity (Wildman–Crippen MR) is 207 cm³/mol. The molecule has 0 aliphatic heterocycles. The van der Waals surface area contributed by atoms with E-state index in [0.29, 0.717) is 6.42 Å². The van der Waals surface area contributed by atoms with Gasteiger partial charge in [0.1, 0.15) is 6.61 Å². The fourth-order valence-corrected chi connectivity index (χ4v) is 5.72. The molecule has 0 aromatic carbocycles. The van der Waals surface area contributed by atoms with E-state index in [1.807, 2.05) is 0 Å². The van der Waals surface area contributed by atoms with Gasteiger partial charge in [0.2, 0.25) is 0 Å². The first kappa shape index (κ1) is 48.0. The number of hydrogen-bond acceptors (Lipinski definition) is 6. The number of phosphoric ester groups is 1. The number of carbonyl (C=O) groups is 2. The average molecular weight is 725 g/mol. The molecule has 0 rings (SSSR count). The summed E-state index contributed by atoms with van der Waals surface area (Å²) < 4.78 is 26.3. The number of hydrogen-bond donors (Lipinski definition) is 2. The highest BCUT2D eigenvalue weighted by Gasteiger charge is 2.22. The Balaban J connectivity index is 4.00. The highest BCUT2D eigenvalue weighted by Crippen LogP contribution is 2.36. The zero-order valence-corrected chi connectivity index (χ0v) is 32.7. The van der Waals surface area contributed by atoms with Crippen molar-refractivity contribution in [1.29, 1.82) is 0 Å². The van der Waals surface area contributed by atoms with Crippen LogP contribution in [-0.4, -0.2) is 41.0 Å². The van der Waals surface area contributed by atoms with Gasteiger partial charge in [0.05, 0.1) is 6.61 Å². The van der Waals surface area contributed by atoms with E-state index in [9.17, 15) is 14.2 Å². The number of ether oxygens (including phenoxy) is 2. The molecule has 1 atom stereocenters. The van der Waals surface area contributed by atoms with Crippen molar-refractivity contribution in [2.45, 2.75) is 187 Å². The third-order valence-corrected chi connectivity index (χ3v) is 8.82. The van der Waals surface area contributed by atoms with Crippen LogP contribution in [0.3, 0.4) is 0 Å². The minimum absolute atomic E-state index is 0.174. The second-order valence-corrected chi connectivity index (χ2v) is 14.5. The van der Waals surface area contributed by atoms with Gasteiger partial charge in [-0.2, -0.15) is 0 Å². The standard InChI is InChI=1S/C41H73O8P/c1-3-5-7-9-11-13-15-17-19-20-22-24-26-28-30-32-34-36-41(43)49-39(38-48-50(44,45)46)37-47-40(42)35-33-31-29-27-25-23-21-18-16-14-12-10-8-6-4-2/h7,9,13,15,19-20,24,26,39H,3-6,8,10-12,14,16-18,21-23,25,27-38H2,1-2H3,(H2,44,45,46)/b9-7+,15-13+,20-19+,26-24+/t39-/m1/s1. The monoisotopic (exact) mass is 725 g/mol. The zero-order chi connectivity index (χ0) is 36.8. The van der Waals surface area contributed by atoms with E-state index in [0.717, 1.165) is 64.2 Å². The van der Waals surface area contributed by atoms with Gasteiger partial charge in [0.15, 0.2) is 6.10 Å². The molecule has 50 heavy (non-hydrogen) atoms. The Bertz CT molecular complexity index is 952. The fraction of sp³-hybridized carbons (Fsp3) is 0.756. The molecular formula is C41H73O8P. The van der Waals surface area contributed by atoms with Gasteiger partial charge < -0.3 is 19.3 Å². The molecule has 2 N–H and O–H groups in total. The van der Waals surface area contributed by atoms with Crippen LogP contribution in [0, 0.1) is 0 Å². The normalized spacial score (nSPS) is 13.0. The summed E-state index contributed by atoms with van der Waals surface area (Å²) in [4.78, 5) is 42.8. The molecule has 0 radical (unpaired) electrons. The molecule has 0 aromatic rings. The van der Waals surface area contributed by atoms with Gasteiger partial charge in [-0.3, -0.25) is 14.1 Å². The van der Waals surface area contributed by atoms with Crippen molar-refractivity contribution in [3.05, 3.63) is 48.6 Å². The highest BCUT2D eigenvalue weighted by molar-refractivity contribution is 7.46. The molecule has 0 aliphatic carbocycles. The van der Waals surface area contributed by atoms with Crippen LogP contribution in [0.4, 0.5) is 0 Å². The van der Waals surface area contributed by atoms with Crippen LogP contribution in [0.5, 0.6) is 0 Å². The lowest BCUT2D eigenvalue weighted by atomic mass is 10.0. The van der Waals surface area contributed by atoms with Gasteiger partial charge in [0, 0.05) is 12.8 Å². The summed E-state index contributed by atoms with van der Waals surface area (Å²) in [6.45, 7) is 3.59. The van der Waals surface area contributed by atoms with Crippen LogP contribution in [-0.2, 0) is 28.2 Å². The summed E-state index contributed by atoms with van der Waals surface area (Å²) in [7, 11) is -4.76. The summed E-state index contributed by atoms with van der Waals surface area (Å²) in [6, 6.07) is 0. The Morgan fingerprint density at radius 2 is 0.940 bits per heavy atom. The molecule has 0 heterocycles. The molecule has 0 saturated carbocycles. The molecule has 0 unspecified atom stereocenters. The summed E-state index contributed by atoms with van der Waals surface area (Å²) in [5.74, 6) is -0.919. The van der Waals surface area contributed by atoms with Crippen molar-refractivity contribution in [2.75, 3.05) is 13.2 Å². The van der Waals surface area contributed by atoms with Gasteiger partial charge in [0.25, 0.3) is 0 Å². The number of allylic oxidation sites excluding steroid dienone is 8. The lowest BCUT2D eigenvalue weighted by molar-refractivity contribution is -0.161. The SMILES string of the molecule is CCC/C=C/C/C=C/C/C=C/C/C=C/CCCCCC(=O)O[C@H](COC(=O)CCCCCCCCCCCCCCCCC)COP(=O)(O)O. The molecule has 0 amide bonds. The summed E-state index contributed by atoms with van der Waals surface area (Å²) in [5, 5.41) is 0. The number of esters is 2. The predicted octanol–water partition coefficient (Wildman–Crippen LogP) is 12.0. The van der Waals surface area contributed by atoms with Crippen molar-refractivity contribution in [3.63, 3.8) is 0 Å². The van der Waals surface area contributed by atoms with Crippen LogP contribution < -0.4 is 0 Å². The molecule has 0 spiro atoms. The topological polar surface area (TPSA) is 119 Å². The van der Waals surface area contributed by atoms with Crippen molar-refractivity contribution >= 4 is 19.8 Å². The molecule has 0 bridgehead atoms. The van der Waals surface area contributed by atoms with Crippen LogP contribution in [0.1, 0.15) is 181 Å². The second-order valence-electron chi connectivity index (χ2n) is 13.3. The molecule has 0 aromatic heterocycles. The van der Waals surface area contributed by atoms with E-state index in [1.54, 1.807) is 0 Å². The lowest BCUT2D eigenvalue weighted by Crippen LogP contribution is -2.29. The Hall–Kier alpha value is -1.99. The van der Waals surface area contributed by atoms with Crippen molar-refractivity contribution in [2.24, 2.45) is 0 Å². The average Bonchev–Trinajstić information content (AvgIpc) is 3.08. The van der Waals surface area contributed by atoms with Crippen molar-refractivity contribution in [3.8, 4) is 0 Å². The van der Waals surface area contributed by atoms with Gasteiger partial charge in [-0.25, -0.2) is 4.57 Å². The third kappa shape index (κ3) is 38.8. The second kappa shape index (κ2) is 36.8. The maximum atomic E-state index is 12.4. The van der Waals surface area contributed by atoms with Crippen LogP contribution >= 0.6 is 7.82 Å². The van der Waals surface area contributed by atoms with Gasteiger partial charge in [-0.1, -0.05) is 165 Å². The Morgan fingerprint density at radius 1 is 0.520 bits per heavy atom. The number of carbonyl (C=O) groups excluding carboxylic acids is 2. The molecule has 8 nitrogen and oxygen atoms in total. The third-order valence-electron chi connectivity index (χ3n) is 8.33. The lowest BCUT2D eigenvalue weighted by Gasteiger charge is -2.18. The van der Waals surface area contributed by atoms with Gasteiger partial charge >= 0.3 is 19.8 Å². The number of rotatable bonds is 36. The fourth-order valence-electron chi connectivity index (χ4n) is 5.36. The van der Waals surface area contributed by atoms with Gasteiger partial charge in [-0.15, -0.1) is 0 Å². The van der Waals surface area contributed by atoms with E-state index in [1.165, 1.54) is 83.5 Å². The number of unbranched alkanes of at least 4 members (excludes halogenated alkanes) is 18. The maximum absolute atomic E-state index is 12.4. The minimum atomic E-state index is -4.76. The minimum Gasteiger partial charge on any atom is -0.462 e.